The smallest absolute Gasteiger partial charge is 0.161 e. The van der Waals surface area contributed by atoms with Gasteiger partial charge in [-0.3, -0.25) is 0 Å². The number of nitrogens with one attached hydrogen (secondary N) is 1. The van der Waals surface area contributed by atoms with E-state index in [1.165, 1.54) is 11.1 Å². The monoisotopic (exact) mass is 357 g/mol. The molecule has 0 radical (unpaired) electrons. The number of fused-ring (bicyclic) bond motifs is 1. The van der Waals surface area contributed by atoms with Crippen molar-refractivity contribution in [1.29, 1.82) is 0 Å². The maximum Gasteiger partial charge on any atom is 0.161 e. The van der Waals surface area contributed by atoms with E-state index in [1.807, 2.05) is 32.9 Å². The molecule has 1 aliphatic rings. The number of benzene rings is 2. The number of phenolic OH excluding ortho intramolecular Hbond substituents is 1. The van der Waals surface area contributed by atoms with Gasteiger partial charge in [0.25, 0.3) is 0 Å². The topological polar surface area (TPSA) is 60.0 Å². The number of phenols is 1. The lowest BCUT2D eigenvalue weighted by Gasteiger charge is -2.29. The predicted octanol–water partition coefficient (Wildman–Crippen LogP) is 3.82. The number of rotatable bonds is 7. The van der Waals surface area contributed by atoms with Crippen LogP contribution in [0, 0.1) is 0 Å². The Hall–Kier alpha value is -2.40. The molecule has 26 heavy (non-hydrogen) atoms. The van der Waals surface area contributed by atoms with Crippen molar-refractivity contribution in [1.82, 2.24) is 5.32 Å². The molecule has 0 aromatic heterocycles. The molecule has 0 saturated heterocycles. The summed E-state index contributed by atoms with van der Waals surface area (Å²) in [6.45, 7) is 8.44. The van der Waals surface area contributed by atoms with Gasteiger partial charge in [0.15, 0.2) is 23.0 Å². The minimum absolute atomic E-state index is 0.0217. The zero-order valence-electron chi connectivity index (χ0n) is 15.7. The summed E-state index contributed by atoms with van der Waals surface area (Å²) in [7, 11) is 0. The quantitative estimate of drug-likeness (QED) is 0.789. The largest absolute Gasteiger partial charge is 0.504 e. The molecule has 1 heterocycles. The first-order valence-electron chi connectivity index (χ1n) is 9.29. The van der Waals surface area contributed by atoms with E-state index >= 15 is 0 Å². The van der Waals surface area contributed by atoms with Crippen LogP contribution in [0.4, 0.5) is 0 Å². The second-order valence-electron chi connectivity index (χ2n) is 6.16. The van der Waals surface area contributed by atoms with Crippen molar-refractivity contribution in [2.75, 3.05) is 26.4 Å². The van der Waals surface area contributed by atoms with Crippen molar-refractivity contribution >= 4 is 0 Å². The molecule has 0 aliphatic carbocycles. The summed E-state index contributed by atoms with van der Waals surface area (Å²) in [4.78, 5) is 0. The van der Waals surface area contributed by atoms with Gasteiger partial charge in [0, 0.05) is 6.54 Å². The lowest BCUT2D eigenvalue weighted by Crippen LogP contribution is -2.30. The summed E-state index contributed by atoms with van der Waals surface area (Å²) < 4.78 is 17.1. The Morgan fingerprint density at radius 1 is 0.923 bits per heavy atom. The number of hydrogen-bond donors (Lipinski definition) is 2. The van der Waals surface area contributed by atoms with Crippen LogP contribution in [0.2, 0.25) is 0 Å². The van der Waals surface area contributed by atoms with Crippen LogP contribution in [0.3, 0.4) is 0 Å². The Balaban J connectivity index is 2.02. The minimum Gasteiger partial charge on any atom is -0.504 e. The summed E-state index contributed by atoms with van der Waals surface area (Å²) >= 11 is 0. The maximum atomic E-state index is 9.99. The molecule has 0 unspecified atom stereocenters. The fourth-order valence-electron chi connectivity index (χ4n) is 3.38. The van der Waals surface area contributed by atoms with Crippen LogP contribution < -0.4 is 19.5 Å². The van der Waals surface area contributed by atoms with Crippen LogP contribution in [0.5, 0.6) is 23.0 Å². The molecule has 2 aromatic rings. The van der Waals surface area contributed by atoms with E-state index < -0.39 is 0 Å². The first kappa shape index (κ1) is 18.4. The third-order valence-electron chi connectivity index (χ3n) is 4.48. The summed E-state index contributed by atoms with van der Waals surface area (Å²) in [5.41, 5.74) is 3.49. The molecule has 5 heteroatoms. The van der Waals surface area contributed by atoms with Crippen molar-refractivity contribution in [3.63, 3.8) is 0 Å². The molecule has 5 nitrogen and oxygen atoms in total. The first-order valence-corrected chi connectivity index (χ1v) is 9.29. The van der Waals surface area contributed by atoms with E-state index in [-0.39, 0.29) is 11.8 Å². The van der Waals surface area contributed by atoms with Crippen LogP contribution in [0.1, 0.15) is 43.5 Å². The van der Waals surface area contributed by atoms with Crippen LogP contribution in [0.25, 0.3) is 0 Å². The molecule has 2 N–H and O–H groups in total. The Bertz CT molecular complexity index is 760. The maximum absolute atomic E-state index is 9.99. The van der Waals surface area contributed by atoms with Gasteiger partial charge in [0.05, 0.1) is 25.9 Å². The second kappa shape index (κ2) is 8.32. The standard InChI is InChI=1S/C21H27NO4/c1-4-24-18-12-15(7-8-17(18)23)21-16-13-20(26-6-3)19(25-5-2)11-14(16)9-10-22-21/h7-8,11-13,21-23H,4-6,9-10H2,1-3H3/t21-/m0/s1. The highest BCUT2D eigenvalue weighted by atomic mass is 16.5. The molecule has 3 rings (SSSR count). The lowest BCUT2D eigenvalue weighted by atomic mass is 9.89. The van der Waals surface area contributed by atoms with E-state index in [0.717, 1.165) is 30.0 Å². The van der Waals surface area contributed by atoms with Crippen LogP contribution in [-0.2, 0) is 6.42 Å². The SMILES string of the molecule is CCOc1cc([C@@H]2NCCc3cc(OCC)c(OCC)cc32)ccc1O. The first-order chi connectivity index (χ1) is 12.7. The van der Waals surface area contributed by atoms with Gasteiger partial charge in [-0.05, 0) is 68.1 Å². The zero-order valence-corrected chi connectivity index (χ0v) is 15.7. The van der Waals surface area contributed by atoms with Crippen molar-refractivity contribution in [3.8, 4) is 23.0 Å². The molecule has 0 fully saturated rings. The van der Waals surface area contributed by atoms with Gasteiger partial charge < -0.3 is 24.6 Å². The van der Waals surface area contributed by atoms with E-state index in [1.54, 1.807) is 6.07 Å². The average molecular weight is 357 g/mol. The molecule has 0 saturated carbocycles. The molecule has 0 spiro atoms. The van der Waals surface area contributed by atoms with Crippen LogP contribution in [-0.4, -0.2) is 31.5 Å². The molecule has 140 valence electrons. The van der Waals surface area contributed by atoms with Gasteiger partial charge >= 0.3 is 0 Å². The summed E-state index contributed by atoms with van der Waals surface area (Å²) in [5, 5.41) is 13.6. The van der Waals surface area contributed by atoms with Gasteiger partial charge in [-0.15, -0.1) is 0 Å². The lowest BCUT2D eigenvalue weighted by molar-refractivity contribution is 0.286. The Labute approximate surface area is 154 Å². The van der Waals surface area contributed by atoms with Crippen LogP contribution in [0.15, 0.2) is 30.3 Å². The molecular formula is C21H27NO4. The Morgan fingerprint density at radius 3 is 2.27 bits per heavy atom. The number of aromatic hydroxyl groups is 1. The summed E-state index contributed by atoms with van der Waals surface area (Å²) in [6, 6.07) is 9.72. The van der Waals surface area contributed by atoms with Gasteiger partial charge in [0.2, 0.25) is 0 Å². The highest BCUT2D eigenvalue weighted by Crippen LogP contribution is 2.39. The van der Waals surface area contributed by atoms with E-state index in [9.17, 15) is 5.11 Å². The highest BCUT2D eigenvalue weighted by Gasteiger charge is 2.25. The van der Waals surface area contributed by atoms with E-state index in [4.69, 9.17) is 14.2 Å². The Kier molecular flexibility index (Phi) is 5.89. The minimum atomic E-state index is 0.0217. The van der Waals surface area contributed by atoms with Crippen LogP contribution >= 0.6 is 0 Å². The molecular weight excluding hydrogens is 330 g/mol. The molecule has 0 amide bonds. The van der Waals surface area contributed by atoms with Crippen molar-refractivity contribution in [2.24, 2.45) is 0 Å². The number of ether oxygens (including phenoxy) is 3. The van der Waals surface area contributed by atoms with Crippen molar-refractivity contribution < 1.29 is 19.3 Å². The third-order valence-corrected chi connectivity index (χ3v) is 4.48. The second-order valence-corrected chi connectivity index (χ2v) is 6.16. The van der Waals surface area contributed by atoms with Crippen molar-refractivity contribution in [3.05, 3.63) is 47.0 Å². The van der Waals surface area contributed by atoms with Gasteiger partial charge in [-0.1, -0.05) is 6.07 Å². The summed E-state index contributed by atoms with van der Waals surface area (Å²) in [6.07, 6.45) is 0.939. The molecule has 1 atom stereocenters. The van der Waals surface area contributed by atoms with Crippen molar-refractivity contribution in [2.45, 2.75) is 33.2 Å². The Morgan fingerprint density at radius 2 is 1.58 bits per heavy atom. The fraction of sp³-hybridized carbons (Fsp3) is 0.429. The van der Waals surface area contributed by atoms with Gasteiger partial charge in [-0.2, -0.15) is 0 Å². The van der Waals surface area contributed by atoms with E-state index in [2.05, 4.69) is 17.4 Å². The normalized spacial score (nSPS) is 16.0. The number of hydrogen-bond acceptors (Lipinski definition) is 5. The summed E-state index contributed by atoms with van der Waals surface area (Å²) in [5.74, 6) is 2.24. The fourth-order valence-corrected chi connectivity index (χ4v) is 3.38. The molecule has 2 aromatic carbocycles. The zero-order chi connectivity index (χ0) is 18.5. The predicted molar refractivity (Wildman–Crippen MR) is 102 cm³/mol. The molecule has 0 bridgehead atoms. The van der Waals surface area contributed by atoms with E-state index in [0.29, 0.717) is 25.6 Å². The van der Waals surface area contributed by atoms with Gasteiger partial charge in [0.1, 0.15) is 0 Å². The third kappa shape index (κ3) is 3.73. The average Bonchev–Trinajstić information content (AvgIpc) is 2.64. The van der Waals surface area contributed by atoms with Gasteiger partial charge in [-0.25, -0.2) is 0 Å². The highest BCUT2D eigenvalue weighted by molar-refractivity contribution is 5.53. The molecule has 1 aliphatic heterocycles.